The largest absolute Gasteiger partial charge is 0.416 e. The lowest BCUT2D eigenvalue weighted by molar-refractivity contribution is -0.198. The molecule has 0 saturated heterocycles. The van der Waals surface area contributed by atoms with Gasteiger partial charge in [-0.3, -0.25) is 0 Å². The van der Waals surface area contributed by atoms with Crippen molar-refractivity contribution in [2.75, 3.05) is 18.1 Å². The number of hydrogen-bond donors (Lipinski definition) is 2. The van der Waals surface area contributed by atoms with E-state index in [-0.39, 0.29) is 10.7 Å². The van der Waals surface area contributed by atoms with Crippen LogP contribution in [0, 0.1) is 0 Å². The molecule has 5 nitrogen and oxygen atoms in total. The molecule has 0 radical (unpaired) electrons. The Kier molecular flexibility index (Phi) is 4.17. The molecule has 9 heteroatoms. The molecule has 0 amide bonds. The molecule has 0 fully saturated rings. The first kappa shape index (κ1) is 14.7. The van der Waals surface area contributed by atoms with Crippen LogP contribution in [0.4, 0.5) is 19.0 Å². The van der Waals surface area contributed by atoms with Crippen LogP contribution in [0.2, 0.25) is 0 Å². The number of alkyl halides is 3. The molecule has 0 bridgehead atoms. The van der Waals surface area contributed by atoms with Crippen molar-refractivity contribution in [1.82, 2.24) is 4.98 Å². The summed E-state index contributed by atoms with van der Waals surface area (Å²) in [5.74, 6) is -0.219. The third kappa shape index (κ3) is 3.84. The van der Waals surface area contributed by atoms with Crippen molar-refractivity contribution in [1.29, 1.82) is 0 Å². The van der Waals surface area contributed by atoms with Crippen molar-refractivity contribution in [3.8, 4) is 0 Å². The van der Waals surface area contributed by atoms with Crippen LogP contribution in [0.5, 0.6) is 0 Å². The molecule has 1 aromatic heterocycles. The van der Waals surface area contributed by atoms with Gasteiger partial charge in [0.25, 0.3) is 0 Å². The maximum Gasteiger partial charge on any atom is 0.416 e. The van der Waals surface area contributed by atoms with Gasteiger partial charge in [0, 0.05) is 12.5 Å². The molecule has 0 aliphatic heterocycles. The summed E-state index contributed by atoms with van der Waals surface area (Å²) >= 11 is 0. The molecule has 0 aliphatic carbocycles. The Morgan fingerprint density at radius 3 is 2.61 bits per heavy atom. The van der Waals surface area contributed by atoms with Crippen LogP contribution < -0.4 is 5.32 Å². The van der Waals surface area contributed by atoms with E-state index in [0.29, 0.717) is 0 Å². The molecule has 0 saturated carbocycles. The van der Waals surface area contributed by atoms with Crippen molar-refractivity contribution in [2.24, 2.45) is 0 Å². The summed E-state index contributed by atoms with van der Waals surface area (Å²) in [6.45, 7) is -0.872. The van der Waals surface area contributed by atoms with Gasteiger partial charge < -0.3 is 10.4 Å². The predicted octanol–water partition coefficient (Wildman–Crippen LogP) is 0.820. The van der Waals surface area contributed by atoms with Gasteiger partial charge in [0.2, 0.25) is 0 Å². The quantitative estimate of drug-likeness (QED) is 0.855. The highest BCUT2D eigenvalue weighted by atomic mass is 32.2. The van der Waals surface area contributed by atoms with E-state index >= 15 is 0 Å². The number of hydrogen-bond acceptors (Lipinski definition) is 5. The highest BCUT2D eigenvalue weighted by Crippen LogP contribution is 2.22. The van der Waals surface area contributed by atoms with E-state index in [1.807, 2.05) is 0 Å². The topological polar surface area (TPSA) is 79.3 Å². The van der Waals surface area contributed by atoms with Gasteiger partial charge in [0.15, 0.2) is 15.9 Å². The van der Waals surface area contributed by atoms with Gasteiger partial charge in [-0.05, 0) is 12.1 Å². The van der Waals surface area contributed by atoms with Crippen molar-refractivity contribution < 1.29 is 26.7 Å². The summed E-state index contributed by atoms with van der Waals surface area (Å²) in [6.07, 6.45) is -5.22. The fourth-order valence-corrected chi connectivity index (χ4v) is 1.93. The van der Waals surface area contributed by atoms with Crippen LogP contribution in [0.3, 0.4) is 0 Å². The van der Waals surface area contributed by atoms with Crippen LogP contribution in [0.25, 0.3) is 0 Å². The second-order valence-electron chi connectivity index (χ2n) is 3.56. The van der Waals surface area contributed by atoms with Crippen LogP contribution in [0.1, 0.15) is 0 Å². The van der Waals surface area contributed by atoms with E-state index in [0.717, 1.165) is 6.26 Å². The molecule has 1 unspecified atom stereocenters. The Bertz CT molecular complexity index is 516. The standard InChI is InChI=1S/C9H11F3N2O3S/c1-18(16,17)6-3-2-4-13-8(6)14-5-7(15)9(10,11)12/h2-4,7,15H,5H2,1H3,(H,13,14). The normalized spacial score (nSPS) is 14.3. The minimum Gasteiger partial charge on any atom is -0.382 e. The van der Waals surface area contributed by atoms with E-state index in [4.69, 9.17) is 5.11 Å². The van der Waals surface area contributed by atoms with Gasteiger partial charge in [-0.2, -0.15) is 13.2 Å². The van der Waals surface area contributed by atoms with E-state index in [1.165, 1.54) is 18.3 Å². The summed E-state index contributed by atoms with van der Waals surface area (Å²) in [4.78, 5) is 3.41. The first-order valence-corrected chi connectivity index (χ1v) is 6.65. The summed E-state index contributed by atoms with van der Waals surface area (Å²) in [5.41, 5.74) is 0. The van der Waals surface area contributed by atoms with Gasteiger partial charge in [-0.25, -0.2) is 13.4 Å². The maximum absolute atomic E-state index is 12.1. The Labute approximate surface area is 102 Å². The van der Waals surface area contributed by atoms with Gasteiger partial charge >= 0.3 is 6.18 Å². The first-order chi connectivity index (χ1) is 8.12. The molecule has 0 aliphatic rings. The molecule has 2 N–H and O–H groups in total. The molecule has 0 spiro atoms. The average Bonchev–Trinajstić information content (AvgIpc) is 2.23. The van der Waals surface area contributed by atoms with Gasteiger partial charge in [-0.15, -0.1) is 0 Å². The number of rotatable bonds is 4. The monoisotopic (exact) mass is 284 g/mol. The lowest BCUT2D eigenvalue weighted by Crippen LogP contribution is -2.35. The fraction of sp³-hybridized carbons (Fsp3) is 0.444. The second-order valence-corrected chi connectivity index (χ2v) is 5.54. The Balaban J connectivity index is 2.87. The number of halogens is 3. The zero-order valence-corrected chi connectivity index (χ0v) is 10.1. The minimum atomic E-state index is -4.77. The molecule has 1 aromatic rings. The number of anilines is 1. The third-order valence-electron chi connectivity index (χ3n) is 2.01. The molecule has 1 atom stereocenters. The van der Waals surface area contributed by atoms with Crippen LogP contribution >= 0.6 is 0 Å². The number of aliphatic hydroxyl groups is 1. The lowest BCUT2D eigenvalue weighted by Gasteiger charge is -2.16. The molecule has 102 valence electrons. The Hall–Kier alpha value is -1.35. The number of nitrogens with one attached hydrogen (secondary N) is 1. The van der Waals surface area contributed by atoms with E-state index in [9.17, 15) is 21.6 Å². The third-order valence-corrected chi connectivity index (χ3v) is 3.14. The predicted molar refractivity (Wildman–Crippen MR) is 57.9 cm³/mol. The zero-order valence-electron chi connectivity index (χ0n) is 9.27. The highest BCUT2D eigenvalue weighted by molar-refractivity contribution is 7.90. The summed E-state index contributed by atoms with van der Waals surface area (Å²) < 4.78 is 58.8. The Morgan fingerprint density at radius 1 is 1.50 bits per heavy atom. The van der Waals surface area contributed by atoms with Gasteiger partial charge in [-0.1, -0.05) is 0 Å². The van der Waals surface area contributed by atoms with Crippen molar-refractivity contribution in [3.05, 3.63) is 18.3 Å². The summed E-state index contributed by atoms with van der Waals surface area (Å²) in [5, 5.41) is 10.9. The van der Waals surface area contributed by atoms with Gasteiger partial charge in [0.05, 0.1) is 6.54 Å². The average molecular weight is 284 g/mol. The van der Waals surface area contributed by atoms with Crippen LogP contribution in [-0.2, 0) is 9.84 Å². The number of sulfone groups is 1. The summed E-state index contributed by atoms with van der Waals surface area (Å²) in [7, 11) is -3.60. The molecule has 1 rings (SSSR count). The first-order valence-electron chi connectivity index (χ1n) is 4.76. The van der Waals surface area contributed by atoms with Gasteiger partial charge in [0.1, 0.15) is 10.7 Å². The number of aliphatic hydroxyl groups excluding tert-OH is 1. The highest BCUT2D eigenvalue weighted by Gasteiger charge is 2.38. The Morgan fingerprint density at radius 2 is 2.11 bits per heavy atom. The van der Waals surface area contributed by atoms with Crippen LogP contribution in [-0.4, -0.2) is 43.6 Å². The smallest absolute Gasteiger partial charge is 0.382 e. The lowest BCUT2D eigenvalue weighted by atomic mass is 10.3. The van der Waals surface area contributed by atoms with Crippen molar-refractivity contribution in [2.45, 2.75) is 17.2 Å². The number of pyridine rings is 1. The van der Waals surface area contributed by atoms with E-state index < -0.39 is 28.7 Å². The van der Waals surface area contributed by atoms with E-state index in [1.54, 1.807) is 0 Å². The molecule has 18 heavy (non-hydrogen) atoms. The fourth-order valence-electron chi connectivity index (χ4n) is 1.13. The minimum absolute atomic E-state index is 0.219. The van der Waals surface area contributed by atoms with Crippen LogP contribution in [0.15, 0.2) is 23.2 Å². The van der Waals surface area contributed by atoms with Crippen molar-refractivity contribution >= 4 is 15.7 Å². The number of aromatic nitrogens is 1. The molecular formula is C9H11F3N2O3S. The second kappa shape index (κ2) is 5.11. The molecule has 1 heterocycles. The van der Waals surface area contributed by atoms with E-state index in [2.05, 4.69) is 10.3 Å². The van der Waals surface area contributed by atoms with Crippen molar-refractivity contribution in [3.63, 3.8) is 0 Å². The summed E-state index contributed by atoms with van der Waals surface area (Å²) in [6, 6.07) is 2.56. The maximum atomic E-state index is 12.1. The zero-order chi connectivity index (χ0) is 14.0. The molecule has 0 aromatic carbocycles. The molecular weight excluding hydrogens is 273 g/mol. The SMILES string of the molecule is CS(=O)(=O)c1cccnc1NCC(O)C(F)(F)F. The number of nitrogens with zero attached hydrogens (tertiary/aromatic N) is 1.